The Morgan fingerprint density at radius 1 is 0.829 bits per heavy atom. The van der Waals surface area contributed by atoms with Gasteiger partial charge < -0.3 is 10.6 Å². The molecule has 35 heavy (non-hydrogen) atoms. The molecule has 0 fully saturated rings. The minimum Gasteiger partial charge on any atom is -0.308 e. The van der Waals surface area contributed by atoms with E-state index in [9.17, 15) is 18.0 Å². The topological polar surface area (TPSA) is 97.1 Å². The first-order valence-electron chi connectivity index (χ1n) is 10.4. The second-order valence-electron chi connectivity index (χ2n) is 7.49. The number of hydrogen-bond acceptors (Lipinski definition) is 5. The van der Waals surface area contributed by atoms with Crippen LogP contribution in [0.3, 0.4) is 0 Å². The van der Waals surface area contributed by atoms with E-state index in [0.717, 1.165) is 23.3 Å². The van der Waals surface area contributed by atoms with Crippen molar-refractivity contribution in [3.8, 4) is 22.6 Å². The third kappa shape index (κ3) is 4.78. The summed E-state index contributed by atoms with van der Waals surface area (Å²) in [5.74, 6) is 0.542. The zero-order chi connectivity index (χ0) is 24.4. The smallest absolute Gasteiger partial charge is 0.308 e. The molecule has 174 valence electrons. The van der Waals surface area contributed by atoms with Crippen LogP contribution in [0.25, 0.3) is 28.3 Å². The Bertz CT molecular complexity index is 1500. The Hall–Kier alpha value is -4.80. The second kappa shape index (κ2) is 8.86. The van der Waals surface area contributed by atoms with E-state index >= 15 is 0 Å². The number of benzene rings is 2. The van der Waals surface area contributed by atoms with E-state index in [-0.39, 0.29) is 5.69 Å². The zero-order valence-corrected chi connectivity index (χ0v) is 17.9. The van der Waals surface area contributed by atoms with Crippen LogP contribution in [-0.2, 0) is 6.18 Å². The molecule has 5 aromatic rings. The molecule has 0 saturated carbocycles. The summed E-state index contributed by atoms with van der Waals surface area (Å²) in [4.78, 5) is 16.5. The predicted octanol–water partition coefficient (Wildman–Crippen LogP) is 5.52. The van der Waals surface area contributed by atoms with Crippen molar-refractivity contribution in [3.05, 3.63) is 90.8 Å². The molecule has 11 heteroatoms. The van der Waals surface area contributed by atoms with E-state index in [1.807, 2.05) is 12.1 Å². The second-order valence-corrected chi connectivity index (χ2v) is 7.49. The lowest BCUT2D eigenvalue weighted by atomic mass is 10.1. The summed E-state index contributed by atoms with van der Waals surface area (Å²) in [5, 5.41) is 18.2. The normalized spacial score (nSPS) is 11.4. The Kier molecular flexibility index (Phi) is 5.57. The fourth-order valence-corrected chi connectivity index (χ4v) is 3.41. The first kappa shape index (κ1) is 22.0. The highest BCUT2D eigenvalue weighted by atomic mass is 19.4. The average molecular weight is 475 g/mol. The van der Waals surface area contributed by atoms with E-state index in [0.29, 0.717) is 22.9 Å². The first-order valence-corrected chi connectivity index (χ1v) is 10.4. The van der Waals surface area contributed by atoms with E-state index in [1.54, 1.807) is 53.3 Å². The highest BCUT2D eigenvalue weighted by Crippen LogP contribution is 2.30. The fraction of sp³-hybridized carbons (Fsp3) is 0.0417. The van der Waals surface area contributed by atoms with Gasteiger partial charge in [0.25, 0.3) is 0 Å². The van der Waals surface area contributed by atoms with Gasteiger partial charge in [0.1, 0.15) is 0 Å². The molecular formula is C24H16F3N7O. The van der Waals surface area contributed by atoms with E-state index in [4.69, 9.17) is 0 Å². The van der Waals surface area contributed by atoms with Crippen LogP contribution >= 0.6 is 0 Å². The minimum absolute atomic E-state index is 0.231. The lowest BCUT2D eigenvalue weighted by Gasteiger charge is -2.11. The number of pyridine rings is 1. The standard InChI is InChI=1S/C24H16F3N7O/c25-24(26,27)17-6-8-18(9-7-17)29-23(35)30-19-5-1-3-15(13-19)20-10-11-21-31-32-22(34(21)33-20)16-4-2-12-28-14-16/h1-14H,(H2,29,30,35). The molecule has 0 unspecified atom stereocenters. The maximum atomic E-state index is 12.7. The quantitative estimate of drug-likeness (QED) is 0.357. The number of halogens is 3. The van der Waals surface area contributed by atoms with Crippen LogP contribution in [0.2, 0.25) is 0 Å². The number of amides is 2. The molecule has 0 aliphatic rings. The molecule has 0 aliphatic carbocycles. The Morgan fingerprint density at radius 3 is 2.34 bits per heavy atom. The van der Waals surface area contributed by atoms with Crippen molar-refractivity contribution in [1.29, 1.82) is 0 Å². The number of anilines is 2. The van der Waals surface area contributed by atoms with Gasteiger partial charge in [0.15, 0.2) is 11.5 Å². The van der Waals surface area contributed by atoms with Gasteiger partial charge in [-0.15, -0.1) is 10.2 Å². The van der Waals surface area contributed by atoms with Gasteiger partial charge in [-0.25, -0.2) is 4.79 Å². The highest BCUT2D eigenvalue weighted by Gasteiger charge is 2.30. The number of urea groups is 1. The third-order valence-electron chi connectivity index (χ3n) is 5.07. The van der Waals surface area contributed by atoms with Crippen molar-refractivity contribution < 1.29 is 18.0 Å². The Labute approximate surface area is 196 Å². The van der Waals surface area contributed by atoms with Crippen molar-refractivity contribution in [2.24, 2.45) is 0 Å². The molecule has 0 aliphatic heterocycles. The summed E-state index contributed by atoms with van der Waals surface area (Å²) in [6.45, 7) is 0. The van der Waals surface area contributed by atoms with Gasteiger partial charge in [0.2, 0.25) is 0 Å². The van der Waals surface area contributed by atoms with Crippen molar-refractivity contribution in [3.63, 3.8) is 0 Å². The van der Waals surface area contributed by atoms with E-state index in [1.165, 1.54) is 12.1 Å². The number of carbonyl (C=O) groups is 1. The summed E-state index contributed by atoms with van der Waals surface area (Å²) < 4.78 is 39.7. The van der Waals surface area contributed by atoms with Crippen LogP contribution < -0.4 is 10.6 Å². The fourth-order valence-electron chi connectivity index (χ4n) is 3.41. The van der Waals surface area contributed by atoms with Crippen LogP contribution in [0.5, 0.6) is 0 Å². The molecule has 0 radical (unpaired) electrons. The third-order valence-corrected chi connectivity index (χ3v) is 5.07. The summed E-state index contributed by atoms with van der Waals surface area (Å²) in [7, 11) is 0. The summed E-state index contributed by atoms with van der Waals surface area (Å²) in [5.41, 5.74) is 2.59. The number of rotatable bonds is 4. The van der Waals surface area contributed by atoms with Crippen molar-refractivity contribution in [2.75, 3.05) is 10.6 Å². The van der Waals surface area contributed by atoms with Crippen LogP contribution in [0.15, 0.2) is 85.2 Å². The van der Waals surface area contributed by atoms with Crippen LogP contribution in [0, 0.1) is 0 Å². The van der Waals surface area contributed by atoms with E-state index in [2.05, 4.69) is 30.9 Å². The molecule has 2 amide bonds. The summed E-state index contributed by atoms with van der Waals surface area (Å²) >= 11 is 0. The molecule has 5 rings (SSSR count). The molecule has 0 saturated heterocycles. The largest absolute Gasteiger partial charge is 0.416 e. The van der Waals surface area contributed by atoms with Crippen molar-refractivity contribution in [1.82, 2.24) is 24.8 Å². The zero-order valence-electron chi connectivity index (χ0n) is 17.9. The molecule has 3 heterocycles. The van der Waals surface area contributed by atoms with E-state index < -0.39 is 17.8 Å². The van der Waals surface area contributed by atoms with Gasteiger partial charge in [0, 0.05) is 34.9 Å². The number of aromatic nitrogens is 5. The molecule has 3 aromatic heterocycles. The minimum atomic E-state index is -4.44. The van der Waals surface area contributed by atoms with Crippen LogP contribution in [0.4, 0.5) is 29.3 Å². The molecule has 2 aromatic carbocycles. The van der Waals surface area contributed by atoms with Crippen molar-refractivity contribution in [2.45, 2.75) is 6.18 Å². The summed E-state index contributed by atoms with van der Waals surface area (Å²) in [6, 6.07) is 17.8. The lowest BCUT2D eigenvalue weighted by molar-refractivity contribution is -0.137. The molecule has 8 nitrogen and oxygen atoms in total. The number of hydrogen-bond donors (Lipinski definition) is 2. The molecule has 0 atom stereocenters. The number of alkyl halides is 3. The SMILES string of the molecule is O=C(Nc1ccc(C(F)(F)F)cc1)Nc1cccc(-c2ccc3nnc(-c4cccnc4)n3n2)c1. The van der Waals surface area contributed by atoms with Gasteiger partial charge in [-0.2, -0.15) is 22.8 Å². The van der Waals surface area contributed by atoms with Gasteiger partial charge in [-0.3, -0.25) is 4.98 Å². The van der Waals surface area contributed by atoms with Crippen LogP contribution in [0.1, 0.15) is 5.56 Å². The monoisotopic (exact) mass is 475 g/mol. The highest BCUT2D eigenvalue weighted by molar-refractivity contribution is 6.00. The molecule has 0 spiro atoms. The maximum Gasteiger partial charge on any atom is 0.416 e. The summed E-state index contributed by atoms with van der Waals surface area (Å²) in [6.07, 6.45) is -1.10. The number of nitrogens with one attached hydrogen (secondary N) is 2. The van der Waals surface area contributed by atoms with Gasteiger partial charge >= 0.3 is 12.2 Å². The van der Waals surface area contributed by atoms with Gasteiger partial charge in [0.05, 0.1) is 11.3 Å². The van der Waals surface area contributed by atoms with Crippen molar-refractivity contribution >= 4 is 23.1 Å². The van der Waals surface area contributed by atoms with Gasteiger partial charge in [-0.05, 0) is 60.7 Å². The first-order chi connectivity index (χ1) is 16.9. The van der Waals surface area contributed by atoms with Gasteiger partial charge in [-0.1, -0.05) is 12.1 Å². The average Bonchev–Trinajstić information content (AvgIpc) is 3.28. The number of carbonyl (C=O) groups excluding carboxylic acids is 1. The molecular weight excluding hydrogens is 459 g/mol. The molecule has 2 N–H and O–H groups in total. The lowest BCUT2D eigenvalue weighted by Crippen LogP contribution is -2.19. The number of fused-ring (bicyclic) bond motifs is 1. The Morgan fingerprint density at radius 2 is 1.60 bits per heavy atom. The number of nitrogens with zero attached hydrogens (tertiary/aromatic N) is 5. The predicted molar refractivity (Wildman–Crippen MR) is 124 cm³/mol. The Balaban J connectivity index is 1.35. The molecule has 0 bridgehead atoms. The van der Waals surface area contributed by atoms with Crippen LogP contribution in [-0.4, -0.2) is 30.8 Å². The maximum absolute atomic E-state index is 12.7.